The van der Waals surface area contributed by atoms with Crippen molar-refractivity contribution < 1.29 is 90.0 Å². The zero-order valence-electron chi connectivity index (χ0n) is 28.3. The molecule has 5 aromatic rings. The van der Waals surface area contributed by atoms with Crippen LogP contribution >= 0.6 is 0 Å². The Labute approximate surface area is 353 Å². The van der Waals surface area contributed by atoms with E-state index in [1.165, 1.54) is 48.5 Å². The third-order valence-electron chi connectivity index (χ3n) is 6.81. The van der Waals surface area contributed by atoms with Crippen molar-refractivity contribution in [2.75, 3.05) is 22.3 Å². The molecule has 0 aromatic heterocycles. The minimum atomic E-state index is -5.13. The quantitative estimate of drug-likeness (QED) is 0.0256. The van der Waals surface area contributed by atoms with Crippen LogP contribution in [0.3, 0.4) is 0 Å². The Bertz CT molecular complexity index is 2800. The van der Waals surface area contributed by atoms with Crippen LogP contribution in [0.25, 0.3) is 0 Å². The van der Waals surface area contributed by atoms with Gasteiger partial charge in [-0.3, -0.25) is 30.6 Å². The van der Waals surface area contributed by atoms with Gasteiger partial charge in [0.05, 0.1) is 48.8 Å². The van der Waals surface area contributed by atoms with Gasteiger partial charge in [0.1, 0.15) is 37.0 Å². The third kappa shape index (κ3) is 11.5. The van der Waals surface area contributed by atoms with E-state index in [0.29, 0.717) is 0 Å². The molecule has 0 unspecified atom stereocenters. The first kappa shape index (κ1) is 44.3. The zero-order valence-corrected chi connectivity index (χ0v) is 34.0. The normalized spacial score (nSPS) is 12.3. The summed E-state index contributed by atoms with van der Waals surface area (Å²) >= 11 is 0. The van der Waals surface area contributed by atoms with Crippen molar-refractivity contribution in [1.82, 2.24) is 0 Å². The minimum absolute atomic E-state index is 0. The summed E-state index contributed by atoms with van der Waals surface area (Å²) in [5, 5.41) is 33.3. The molecule has 5 rings (SSSR count). The average molecular weight is 806 g/mol. The molecule has 0 aliphatic rings. The number of non-ortho nitro benzene ring substituents is 1. The van der Waals surface area contributed by atoms with Crippen molar-refractivity contribution in [1.29, 1.82) is 0 Å². The first-order valence-corrected chi connectivity index (χ1v) is 17.2. The van der Waals surface area contributed by atoms with Gasteiger partial charge in [-0.1, -0.05) is 6.07 Å². The molecule has 0 spiro atoms. The van der Waals surface area contributed by atoms with Crippen LogP contribution in [0, 0.1) is 10.1 Å². The van der Waals surface area contributed by atoms with Gasteiger partial charge in [0.2, 0.25) is 10.9 Å². The standard InChI is InChI=1S/C30H23N11O10S2.2Na/c31-21-14-22(32)25(15-24(21)37-34-17-2-1-3-20(12-17)52(46,47)48)38-35-18-6-11-28(53(49,50)51)26(13-18)39-40-29-27(42)10-9-23(30(29)43)36-33-16-4-7-19(8-5-16)41(44)45;;/h1-15,33,39H,31-32H2,(H,46,47,48)(H,49,50,51);;/q;2*+1/p-2/b36-23+,37-34?,38-35?,40-29+;;. The maximum Gasteiger partial charge on any atom is 1.00 e. The third-order valence-corrected chi connectivity index (χ3v) is 8.53. The van der Waals surface area contributed by atoms with Crippen LogP contribution in [0.1, 0.15) is 0 Å². The number of hydrogen-bond donors (Lipinski definition) is 4. The van der Waals surface area contributed by atoms with E-state index in [2.05, 4.69) is 41.5 Å². The molecule has 0 radical (unpaired) electrons. The molecule has 270 valence electrons. The van der Waals surface area contributed by atoms with E-state index in [0.717, 1.165) is 42.5 Å². The second-order valence-electron chi connectivity index (χ2n) is 10.5. The van der Waals surface area contributed by atoms with E-state index in [4.69, 9.17) is 11.5 Å². The Hall–Kier alpha value is -5.08. The Balaban J connectivity index is 0.00000406. The van der Waals surface area contributed by atoms with Crippen LogP contribution in [0.4, 0.5) is 51.2 Å². The zero-order chi connectivity index (χ0) is 38.5. The fourth-order valence-electron chi connectivity index (χ4n) is 4.23. The Morgan fingerprint density at radius 3 is 1.85 bits per heavy atom. The number of nitro benzene ring substituents is 1. The van der Waals surface area contributed by atoms with Gasteiger partial charge in [-0.25, -0.2) is 16.8 Å². The molecule has 6 N–H and O–H groups in total. The number of benzene rings is 5. The number of nitrogens with two attached hydrogens (primary N) is 2. The SMILES string of the molecule is Nc1cc(N)c(N=Nc2ccc(S(=O)(=O)[O-])c(N/N=c3\c(=O)cc/c(=N\Nc4ccc([N+](=O)[O-])cc4)c3=O)c2)cc1N=Nc1cccc(S(=O)(=O)[O-])c1.[Na+].[Na+]. The van der Waals surface area contributed by atoms with E-state index in [1.54, 1.807) is 0 Å². The number of anilines is 4. The van der Waals surface area contributed by atoms with E-state index in [9.17, 15) is 45.6 Å². The summed E-state index contributed by atoms with van der Waals surface area (Å²) in [6, 6.07) is 17.5. The molecule has 0 aliphatic carbocycles. The molecule has 0 fully saturated rings. The predicted octanol–water partition coefficient (Wildman–Crippen LogP) is -3.14. The molecule has 0 heterocycles. The van der Waals surface area contributed by atoms with Gasteiger partial charge in [0, 0.05) is 12.1 Å². The predicted molar refractivity (Wildman–Crippen MR) is 185 cm³/mol. The fourth-order valence-corrected chi connectivity index (χ4v) is 5.35. The summed E-state index contributed by atoms with van der Waals surface area (Å²) < 4.78 is 69.9. The summed E-state index contributed by atoms with van der Waals surface area (Å²) in [7, 11) is -9.88. The molecule has 21 nitrogen and oxygen atoms in total. The molecule has 0 aliphatic heterocycles. The van der Waals surface area contributed by atoms with Crippen molar-refractivity contribution in [2.45, 2.75) is 9.79 Å². The number of nitrogen functional groups attached to an aromatic ring is 2. The Morgan fingerprint density at radius 1 is 0.655 bits per heavy atom. The number of nitro groups is 1. The summed E-state index contributed by atoms with van der Waals surface area (Å²) in [6.07, 6.45) is 0. The second kappa shape index (κ2) is 18.5. The molecule has 0 bridgehead atoms. The van der Waals surface area contributed by atoms with Crippen LogP contribution in [-0.2, 0) is 20.2 Å². The van der Waals surface area contributed by atoms with Crippen molar-refractivity contribution in [3.8, 4) is 0 Å². The van der Waals surface area contributed by atoms with Gasteiger partial charge in [0.25, 0.3) is 5.69 Å². The summed E-state index contributed by atoms with van der Waals surface area (Å²) in [6.45, 7) is 0. The Kier molecular flexibility index (Phi) is 14.9. The molecule has 25 heteroatoms. The number of nitrogens with one attached hydrogen (secondary N) is 2. The van der Waals surface area contributed by atoms with E-state index >= 15 is 0 Å². The van der Waals surface area contributed by atoms with Gasteiger partial charge < -0.3 is 20.6 Å². The topological polar surface area (TPSA) is 342 Å². The fraction of sp³-hybridized carbons (Fsp3) is 0. The smallest absolute Gasteiger partial charge is 0.744 e. The van der Waals surface area contributed by atoms with Crippen LogP contribution in [0.2, 0.25) is 0 Å². The van der Waals surface area contributed by atoms with E-state index < -0.39 is 56.9 Å². The van der Waals surface area contributed by atoms with Gasteiger partial charge in [-0.05, 0) is 72.8 Å². The number of rotatable bonds is 11. The minimum Gasteiger partial charge on any atom is -0.744 e. The van der Waals surface area contributed by atoms with Crippen molar-refractivity contribution >= 4 is 71.4 Å². The molecular weight excluding hydrogens is 785 g/mol. The maximum atomic E-state index is 13.0. The molecule has 0 saturated carbocycles. The molecular formula is C30H21N11Na2O10S2. The first-order chi connectivity index (χ1) is 25.0. The van der Waals surface area contributed by atoms with E-state index in [1.807, 2.05) is 0 Å². The van der Waals surface area contributed by atoms with Crippen LogP contribution in [0.15, 0.2) is 141 Å². The van der Waals surface area contributed by atoms with Crippen molar-refractivity contribution in [3.05, 3.63) is 132 Å². The Morgan fingerprint density at radius 2 is 1.27 bits per heavy atom. The van der Waals surface area contributed by atoms with Gasteiger partial charge in [-0.15, -0.1) is 10.2 Å². The van der Waals surface area contributed by atoms with Crippen molar-refractivity contribution in [2.24, 2.45) is 30.7 Å². The molecule has 0 atom stereocenters. The van der Waals surface area contributed by atoms with Crippen LogP contribution in [0.5, 0.6) is 0 Å². The number of hydrogen-bond acceptors (Lipinski definition) is 20. The van der Waals surface area contributed by atoms with Gasteiger partial charge in [0.15, 0.2) is 5.36 Å². The van der Waals surface area contributed by atoms with Crippen LogP contribution < -0.4 is 103 Å². The maximum absolute atomic E-state index is 13.0. The molecule has 55 heavy (non-hydrogen) atoms. The van der Waals surface area contributed by atoms with Gasteiger partial charge >= 0.3 is 59.1 Å². The molecule has 0 saturated heterocycles. The summed E-state index contributed by atoms with van der Waals surface area (Å²) in [5.41, 5.74) is 14.5. The number of nitrogens with zero attached hydrogens (tertiary/aromatic N) is 7. The average Bonchev–Trinajstić information content (AvgIpc) is 3.10. The van der Waals surface area contributed by atoms with Crippen LogP contribution in [-0.4, -0.2) is 30.9 Å². The first-order valence-electron chi connectivity index (χ1n) is 14.4. The summed E-state index contributed by atoms with van der Waals surface area (Å²) in [4.78, 5) is 34.4. The molecule has 5 aromatic carbocycles. The number of azo groups is 2. The van der Waals surface area contributed by atoms with Gasteiger partial charge in [-0.2, -0.15) is 20.4 Å². The second-order valence-corrected chi connectivity index (χ2v) is 13.2. The van der Waals surface area contributed by atoms with Crippen molar-refractivity contribution in [3.63, 3.8) is 0 Å². The monoisotopic (exact) mass is 805 g/mol. The summed E-state index contributed by atoms with van der Waals surface area (Å²) in [5.74, 6) is 0. The largest absolute Gasteiger partial charge is 1.00 e. The molecule has 0 amide bonds. The van der Waals surface area contributed by atoms with E-state index in [-0.39, 0.29) is 110 Å².